The summed E-state index contributed by atoms with van der Waals surface area (Å²) in [6.45, 7) is 2.67. The molecule has 3 aromatic rings. The first-order valence-corrected chi connectivity index (χ1v) is 13.1. The van der Waals surface area contributed by atoms with Gasteiger partial charge in [0.25, 0.3) is 0 Å². The van der Waals surface area contributed by atoms with Crippen molar-refractivity contribution in [3.05, 3.63) is 53.3 Å². The highest BCUT2D eigenvalue weighted by Gasteiger charge is 2.48. The zero-order valence-corrected chi connectivity index (χ0v) is 20.9. The van der Waals surface area contributed by atoms with Crippen molar-refractivity contribution in [3.63, 3.8) is 0 Å². The second-order valence-corrected chi connectivity index (χ2v) is 10.6. The fourth-order valence-corrected chi connectivity index (χ4v) is 6.43. The van der Waals surface area contributed by atoms with Crippen molar-refractivity contribution in [2.24, 2.45) is 11.7 Å². The predicted molar refractivity (Wildman–Crippen MR) is 139 cm³/mol. The van der Waals surface area contributed by atoms with Crippen LogP contribution in [0.15, 0.2) is 36.5 Å². The van der Waals surface area contributed by atoms with Crippen molar-refractivity contribution in [2.45, 2.75) is 50.1 Å². The molecule has 8 nitrogen and oxygen atoms in total. The largest absolute Gasteiger partial charge is 0.497 e. The van der Waals surface area contributed by atoms with Crippen LogP contribution in [-0.4, -0.2) is 59.2 Å². The Hall–Kier alpha value is -3.10. The van der Waals surface area contributed by atoms with E-state index in [-0.39, 0.29) is 24.0 Å². The number of carbonyl (C=O) groups is 1. The van der Waals surface area contributed by atoms with Crippen molar-refractivity contribution in [1.29, 1.82) is 0 Å². The van der Waals surface area contributed by atoms with Crippen LogP contribution in [0.25, 0.3) is 10.9 Å². The molecule has 190 valence electrons. The molecule has 1 atom stereocenters. The maximum atomic E-state index is 13.0. The number of methoxy groups -OCH3 is 1. The SMILES string of the molecule is COc1ccc2c3c([nH]c2c1)C(CO)N(c1ccc(CN)cn1)CC31CCN(C(=O)C2CCC2)CC1. The third-order valence-corrected chi connectivity index (χ3v) is 8.75. The van der Waals surface area contributed by atoms with Crippen LogP contribution in [0.5, 0.6) is 5.75 Å². The van der Waals surface area contributed by atoms with Crippen LogP contribution in [0.4, 0.5) is 5.82 Å². The number of nitrogens with zero attached hydrogens (tertiary/aromatic N) is 3. The van der Waals surface area contributed by atoms with E-state index in [2.05, 4.69) is 20.9 Å². The Morgan fingerprint density at radius 3 is 2.67 bits per heavy atom. The van der Waals surface area contributed by atoms with E-state index in [4.69, 9.17) is 15.5 Å². The van der Waals surface area contributed by atoms with Gasteiger partial charge in [0.05, 0.1) is 19.8 Å². The first-order chi connectivity index (χ1) is 17.6. The zero-order valence-electron chi connectivity index (χ0n) is 20.9. The van der Waals surface area contributed by atoms with Crippen LogP contribution in [0.1, 0.15) is 55.0 Å². The third kappa shape index (κ3) is 3.66. The van der Waals surface area contributed by atoms with Gasteiger partial charge in [-0.3, -0.25) is 4.79 Å². The molecule has 2 aliphatic heterocycles. The lowest BCUT2D eigenvalue weighted by Crippen LogP contribution is -2.55. The van der Waals surface area contributed by atoms with Crippen molar-refractivity contribution in [2.75, 3.05) is 38.3 Å². The van der Waals surface area contributed by atoms with Gasteiger partial charge in [0.1, 0.15) is 11.6 Å². The molecule has 1 saturated carbocycles. The third-order valence-electron chi connectivity index (χ3n) is 8.75. The van der Waals surface area contributed by atoms with Gasteiger partial charge in [0.2, 0.25) is 5.91 Å². The highest BCUT2D eigenvalue weighted by atomic mass is 16.5. The predicted octanol–water partition coefficient (Wildman–Crippen LogP) is 3.24. The van der Waals surface area contributed by atoms with Gasteiger partial charge < -0.3 is 30.4 Å². The monoisotopic (exact) mass is 489 g/mol. The van der Waals surface area contributed by atoms with Gasteiger partial charge >= 0.3 is 0 Å². The molecule has 1 unspecified atom stereocenters. The number of anilines is 1. The summed E-state index contributed by atoms with van der Waals surface area (Å²) in [5.74, 6) is 2.19. The minimum Gasteiger partial charge on any atom is -0.497 e. The summed E-state index contributed by atoms with van der Waals surface area (Å²) in [6.07, 6.45) is 6.82. The van der Waals surface area contributed by atoms with E-state index in [0.717, 1.165) is 73.7 Å². The van der Waals surface area contributed by atoms with Gasteiger partial charge in [-0.25, -0.2) is 4.98 Å². The minimum atomic E-state index is -0.241. The van der Waals surface area contributed by atoms with Crippen molar-refractivity contribution >= 4 is 22.6 Å². The van der Waals surface area contributed by atoms with E-state index >= 15 is 0 Å². The molecule has 2 fully saturated rings. The molecule has 6 rings (SSSR count). The maximum Gasteiger partial charge on any atom is 0.225 e. The summed E-state index contributed by atoms with van der Waals surface area (Å²) in [7, 11) is 1.68. The van der Waals surface area contributed by atoms with Crippen molar-refractivity contribution < 1.29 is 14.6 Å². The number of aliphatic hydroxyl groups is 1. The number of pyridine rings is 1. The molecule has 0 bridgehead atoms. The Morgan fingerprint density at radius 1 is 1.25 bits per heavy atom. The van der Waals surface area contributed by atoms with Gasteiger partial charge in [-0.05, 0) is 55.0 Å². The number of carbonyl (C=O) groups excluding carboxylic acids is 1. The zero-order chi connectivity index (χ0) is 24.9. The Balaban J connectivity index is 1.43. The number of amides is 1. The summed E-state index contributed by atoms with van der Waals surface area (Å²) in [5, 5.41) is 11.8. The molecule has 0 radical (unpaired) electrons. The van der Waals surface area contributed by atoms with Crippen LogP contribution in [0.2, 0.25) is 0 Å². The summed E-state index contributed by atoms with van der Waals surface area (Å²) in [4.78, 5) is 25.7. The summed E-state index contributed by atoms with van der Waals surface area (Å²) in [6, 6.07) is 9.95. The highest BCUT2D eigenvalue weighted by molar-refractivity contribution is 5.88. The second kappa shape index (κ2) is 9.09. The van der Waals surface area contributed by atoms with E-state index in [1.165, 1.54) is 17.4 Å². The minimum absolute atomic E-state index is 0.0281. The quantitative estimate of drug-likeness (QED) is 0.508. The Bertz CT molecular complexity index is 1260. The number of likely N-dealkylation sites (tertiary alicyclic amines) is 1. The van der Waals surface area contributed by atoms with Gasteiger partial charge in [-0.2, -0.15) is 0 Å². The van der Waals surface area contributed by atoms with Crippen LogP contribution in [-0.2, 0) is 16.8 Å². The normalized spacial score (nSPS) is 21.5. The van der Waals surface area contributed by atoms with Crippen LogP contribution < -0.4 is 15.4 Å². The number of rotatable bonds is 5. The first kappa shape index (κ1) is 23.3. The maximum absolute atomic E-state index is 13.0. The number of hydrogen-bond acceptors (Lipinski definition) is 6. The van der Waals surface area contributed by atoms with Gasteiger partial charge in [0.15, 0.2) is 0 Å². The fourth-order valence-electron chi connectivity index (χ4n) is 6.43. The van der Waals surface area contributed by atoms with Crippen LogP contribution in [0, 0.1) is 5.92 Å². The Labute approximate surface area is 211 Å². The van der Waals surface area contributed by atoms with E-state index in [0.29, 0.717) is 12.5 Å². The Kier molecular flexibility index (Phi) is 5.88. The molecule has 1 amide bonds. The molecule has 1 spiro atoms. The molecule has 3 aliphatic rings. The fraction of sp³-hybridized carbons (Fsp3) is 0.500. The van der Waals surface area contributed by atoms with E-state index in [1.54, 1.807) is 7.11 Å². The number of aromatic nitrogens is 2. The molecule has 1 aliphatic carbocycles. The molecule has 1 aromatic carbocycles. The first-order valence-electron chi connectivity index (χ1n) is 13.1. The molecule has 8 heteroatoms. The van der Waals surface area contributed by atoms with Gasteiger partial charge in [0, 0.05) is 66.4 Å². The number of fused-ring (bicyclic) bond motifs is 4. The highest BCUT2D eigenvalue weighted by Crippen LogP contribution is 2.50. The van der Waals surface area contributed by atoms with E-state index in [1.807, 2.05) is 30.5 Å². The van der Waals surface area contributed by atoms with Crippen molar-refractivity contribution in [3.8, 4) is 5.75 Å². The summed E-state index contributed by atoms with van der Waals surface area (Å²) < 4.78 is 5.49. The number of piperidine rings is 1. The number of aliphatic hydroxyl groups excluding tert-OH is 1. The van der Waals surface area contributed by atoms with Crippen LogP contribution >= 0.6 is 0 Å². The van der Waals surface area contributed by atoms with E-state index in [9.17, 15) is 9.90 Å². The van der Waals surface area contributed by atoms with Crippen molar-refractivity contribution in [1.82, 2.24) is 14.9 Å². The lowest BCUT2D eigenvalue weighted by atomic mass is 9.68. The average molecular weight is 490 g/mol. The topological polar surface area (TPSA) is 108 Å². The van der Waals surface area contributed by atoms with Gasteiger partial charge in [-0.15, -0.1) is 0 Å². The van der Waals surface area contributed by atoms with E-state index < -0.39 is 0 Å². The number of aromatic amines is 1. The lowest BCUT2D eigenvalue weighted by Gasteiger charge is -2.51. The Morgan fingerprint density at radius 2 is 2.06 bits per heavy atom. The molecular formula is C28H35N5O3. The average Bonchev–Trinajstić information content (AvgIpc) is 3.27. The number of nitrogens with two attached hydrogens (primary N) is 1. The summed E-state index contributed by atoms with van der Waals surface area (Å²) >= 11 is 0. The van der Waals surface area contributed by atoms with Gasteiger partial charge in [-0.1, -0.05) is 12.5 Å². The number of ether oxygens (including phenoxy) is 1. The number of nitrogens with one attached hydrogen (secondary N) is 1. The molecule has 2 aromatic heterocycles. The molecular weight excluding hydrogens is 454 g/mol. The molecule has 4 N–H and O–H groups in total. The lowest BCUT2D eigenvalue weighted by molar-refractivity contribution is -0.139. The number of benzene rings is 1. The van der Waals surface area contributed by atoms with Crippen LogP contribution in [0.3, 0.4) is 0 Å². The molecule has 36 heavy (non-hydrogen) atoms. The standard InChI is InChI=1S/C28H35N5O3/c1-36-20-6-7-21-22(13-20)31-26-23(16-34)33(24-8-5-18(14-29)15-30-24)17-28(25(21)26)9-11-32(12-10-28)27(35)19-3-2-4-19/h5-8,13,15,19,23,31,34H,2-4,9-12,14,16-17,29H2,1H3. The number of H-pyrrole nitrogens is 1. The molecule has 4 heterocycles. The molecule has 1 saturated heterocycles. The summed E-state index contributed by atoms with van der Waals surface area (Å²) in [5.41, 5.74) is 9.96. The smallest absolute Gasteiger partial charge is 0.225 e. The number of hydrogen-bond donors (Lipinski definition) is 3. The second-order valence-electron chi connectivity index (χ2n) is 10.6.